The highest BCUT2D eigenvalue weighted by molar-refractivity contribution is 7.93. The zero-order chi connectivity index (χ0) is 13.3. The van der Waals surface area contributed by atoms with Crippen molar-refractivity contribution < 1.29 is 27.8 Å². The number of ether oxygens (including phenoxy) is 2. The number of rotatable bonds is 3. The maximum absolute atomic E-state index is 11.4. The summed E-state index contributed by atoms with van der Waals surface area (Å²) in [4.78, 5) is 11.2. The van der Waals surface area contributed by atoms with Crippen molar-refractivity contribution in [1.29, 1.82) is 0 Å². The Morgan fingerprint density at radius 1 is 1.53 bits per heavy atom. The van der Waals surface area contributed by atoms with Gasteiger partial charge in [0, 0.05) is 7.11 Å². The summed E-state index contributed by atoms with van der Waals surface area (Å²) >= 11 is 0. The van der Waals surface area contributed by atoms with E-state index in [4.69, 9.17) is 9.88 Å². The fourth-order valence-corrected chi connectivity index (χ4v) is 1.98. The highest BCUT2D eigenvalue weighted by Gasteiger charge is 2.42. The molecule has 0 amide bonds. The van der Waals surface area contributed by atoms with Crippen molar-refractivity contribution in [2.75, 3.05) is 14.2 Å². The predicted molar refractivity (Wildman–Crippen MR) is 57.8 cm³/mol. The molecule has 0 fully saturated rings. The number of allylic oxidation sites excluding steroid dienone is 1. The Bertz CT molecular complexity index is 480. The molecule has 0 aromatic heterocycles. The first-order valence-corrected chi connectivity index (χ1v) is 6.08. The lowest BCUT2D eigenvalue weighted by Gasteiger charge is -2.31. The van der Waals surface area contributed by atoms with E-state index in [1.54, 1.807) is 0 Å². The number of nitrogens with two attached hydrogens (primary N) is 1. The van der Waals surface area contributed by atoms with Crippen molar-refractivity contribution in [3.05, 3.63) is 23.1 Å². The van der Waals surface area contributed by atoms with Crippen LogP contribution in [-0.2, 0) is 24.3 Å². The number of hydrogen-bond donors (Lipinski definition) is 2. The summed E-state index contributed by atoms with van der Waals surface area (Å²) in [6.07, 6.45) is 3.09. The largest absolute Gasteiger partial charge is 0.468 e. The number of primary sulfonamides is 1. The van der Waals surface area contributed by atoms with Crippen LogP contribution in [0.25, 0.3) is 0 Å². The Labute approximate surface area is 98.6 Å². The van der Waals surface area contributed by atoms with Gasteiger partial charge in [-0.15, -0.1) is 0 Å². The molecular formula is C9H13NO6S. The van der Waals surface area contributed by atoms with Crippen LogP contribution in [0.3, 0.4) is 0 Å². The highest BCUT2D eigenvalue weighted by atomic mass is 32.2. The predicted octanol–water partition coefficient (Wildman–Crippen LogP) is -1.15. The average molecular weight is 263 g/mol. The first-order valence-electron chi connectivity index (χ1n) is 4.54. The topological polar surface area (TPSA) is 116 Å². The van der Waals surface area contributed by atoms with Crippen molar-refractivity contribution in [2.45, 2.75) is 5.79 Å². The van der Waals surface area contributed by atoms with Crippen LogP contribution in [-0.4, -0.2) is 39.5 Å². The van der Waals surface area contributed by atoms with Crippen molar-refractivity contribution >= 4 is 16.0 Å². The molecule has 3 N–H and O–H groups in total. The molecule has 0 aliphatic heterocycles. The van der Waals surface area contributed by atoms with Gasteiger partial charge in [0.15, 0.2) is 0 Å². The van der Waals surface area contributed by atoms with Crippen molar-refractivity contribution in [3.8, 4) is 0 Å². The zero-order valence-electron chi connectivity index (χ0n) is 9.28. The minimum Gasteiger partial charge on any atom is -0.468 e. The molecule has 96 valence electrons. The van der Waals surface area contributed by atoms with Crippen LogP contribution in [0, 0.1) is 5.92 Å². The number of hydrogen-bond acceptors (Lipinski definition) is 6. The standard InChI is InChI=1S/C9H13NO6S/c1-15-8(11)7-5-6(17(10,13)14)3-4-9(7,12)16-2/h3-5,7,12H,1-2H3,(H2,10,13,14). The molecule has 7 nitrogen and oxygen atoms in total. The van der Waals surface area contributed by atoms with Crippen LogP contribution < -0.4 is 5.14 Å². The molecule has 0 saturated heterocycles. The smallest absolute Gasteiger partial charge is 0.318 e. The number of esters is 1. The molecule has 17 heavy (non-hydrogen) atoms. The summed E-state index contributed by atoms with van der Waals surface area (Å²) in [5.41, 5.74) is 0. The summed E-state index contributed by atoms with van der Waals surface area (Å²) < 4.78 is 31.5. The van der Waals surface area contributed by atoms with Crippen LogP contribution in [0.5, 0.6) is 0 Å². The quantitative estimate of drug-likeness (QED) is 0.491. The number of sulfonamides is 1. The summed E-state index contributed by atoms with van der Waals surface area (Å²) in [6.45, 7) is 0. The van der Waals surface area contributed by atoms with Gasteiger partial charge < -0.3 is 14.6 Å². The molecule has 8 heteroatoms. The van der Waals surface area contributed by atoms with Crippen molar-refractivity contribution in [1.82, 2.24) is 0 Å². The van der Waals surface area contributed by atoms with Gasteiger partial charge in [0.1, 0.15) is 5.92 Å². The van der Waals surface area contributed by atoms with E-state index < -0.39 is 27.7 Å². The number of carbonyl (C=O) groups excluding carboxylic acids is 1. The molecule has 0 heterocycles. The second kappa shape index (κ2) is 4.57. The fraction of sp³-hybridized carbons (Fsp3) is 0.444. The van der Waals surface area contributed by atoms with Gasteiger partial charge in [-0.05, 0) is 18.2 Å². The van der Waals surface area contributed by atoms with E-state index in [0.29, 0.717) is 0 Å². The summed E-state index contributed by atoms with van der Waals surface area (Å²) in [6, 6.07) is 0. The number of carbonyl (C=O) groups is 1. The Morgan fingerprint density at radius 2 is 2.12 bits per heavy atom. The molecule has 1 rings (SSSR count). The van der Waals surface area contributed by atoms with E-state index in [-0.39, 0.29) is 4.91 Å². The molecule has 0 aromatic rings. The van der Waals surface area contributed by atoms with Crippen LogP contribution in [0.2, 0.25) is 0 Å². The van der Waals surface area contributed by atoms with Gasteiger partial charge in [-0.1, -0.05) is 0 Å². The first-order chi connectivity index (χ1) is 7.74. The average Bonchev–Trinajstić information content (AvgIpc) is 2.27. The van der Waals surface area contributed by atoms with Gasteiger partial charge in [-0.2, -0.15) is 0 Å². The molecule has 0 radical (unpaired) electrons. The summed E-state index contributed by atoms with van der Waals surface area (Å²) in [7, 11) is -1.67. The molecule has 0 bridgehead atoms. The Kier molecular flexibility index (Phi) is 3.72. The van der Waals surface area contributed by atoms with Crippen LogP contribution in [0.15, 0.2) is 23.1 Å². The third-order valence-corrected chi connectivity index (χ3v) is 3.30. The monoisotopic (exact) mass is 263 g/mol. The summed E-state index contributed by atoms with van der Waals surface area (Å²) in [5, 5.41) is 14.9. The second-order valence-electron chi connectivity index (χ2n) is 3.40. The maximum Gasteiger partial charge on any atom is 0.318 e. The minimum absolute atomic E-state index is 0.283. The van der Waals surface area contributed by atoms with Gasteiger partial charge in [0.05, 0.1) is 12.0 Å². The second-order valence-corrected chi connectivity index (χ2v) is 4.97. The lowest BCUT2D eigenvalue weighted by atomic mass is 9.94. The van der Waals surface area contributed by atoms with Crippen molar-refractivity contribution in [2.24, 2.45) is 11.1 Å². The molecule has 2 unspecified atom stereocenters. The van der Waals surface area contributed by atoms with E-state index in [0.717, 1.165) is 25.3 Å². The Morgan fingerprint density at radius 3 is 2.53 bits per heavy atom. The third kappa shape index (κ3) is 2.72. The van der Waals surface area contributed by atoms with Gasteiger partial charge >= 0.3 is 5.97 Å². The molecule has 1 aliphatic rings. The van der Waals surface area contributed by atoms with Crippen LogP contribution in [0.4, 0.5) is 0 Å². The lowest BCUT2D eigenvalue weighted by molar-refractivity contribution is -0.191. The van der Waals surface area contributed by atoms with E-state index in [1.165, 1.54) is 7.11 Å². The van der Waals surface area contributed by atoms with Gasteiger partial charge in [-0.3, -0.25) is 4.79 Å². The molecule has 2 atom stereocenters. The van der Waals surface area contributed by atoms with Crippen molar-refractivity contribution in [3.63, 3.8) is 0 Å². The van der Waals surface area contributed by atoms with Gasteiger partial charge in [0.25, 0.3) is 0 Å². The first kappa shape index (κ1) is 13.8. The van der Waals surface area contributed by atoms with E-state index in [2.05, 4.69) is 4.74 Å². The van der Waals surface area contributed by atoms with Gasteiger partial charge in [0.2, 0.25) is 15.8 Å². The maximum atomic E-state index is 11.4. The zero-order valence-corrected chi connectivity index (χ0v) is 10.1. The molecule has 0 spiro atoms. The highest BCUT2D eigenvalue weighted by Crippen LogP contribution is 2.30. The van der Waals surface area contributed by atoms with Crippen LogP contribution in [0.1, 0.15) is 0 Å². The van der Waals surface area contributed by atoms with Crippen LogP contribution >= 0.6 is 0 Å². The number of aliphatic hydroxyl groups is 1. The Hall–Kier alpha value is -1.22. The molecule has 0 saturated carbocycles. The minimum atomic E-state index is -3.96. The molecular weight excluding hydrogens is 250 g/mol. The normalized spacial score (nSPS) is 28.7. The number of methoxy groups -OCH3 is 2. The fourth-order valence-electron chi connectivity index (χ4n) is 1.39. The SMILES string of the molecule is COC(=O)C1C=C(S(N)(=O)=O)C=CC1(O)OC. The van der Waals surface area contributed by atoms with Gasteiger partial charge in [-0.25, -0.2) is 13.6 Å². The summed E-state index contributed by atoms with van der Waals surface area (Å²) in [5.74, 6) is -4.07. The Balaban J connectivity index is 3.23. The van der Waals surface area contributed by atoms with E-state index >= 15 is 0 Å². The van der Waals surface area contributed by atoms with E-state index in [1.807, 2.05) is 0 Å². The third-order valence-electron chi connectivity index (χ3n) is 2.37. The molecule has 1 aliphatic carbocycles. The lowest BCUT2D eigenvalue weighted by Crippen LogP contribution is -2.44. The molecule has 0 aromatic carbocycles. The van der Waals surface area contributed by atoms with E-state index in [9.17, 15) is 18.3 Å².